The summed E-state index contributed by atoms with van der Waals surface area (Å²) < 4.78 is 5.31. The number of hydrogen-bond donors (Lipinski definition) is 1. The summed E-state index contributed by atoms with van der Waals surface area (Å²) in [4.78, 5) is 26.7. The third-order valence-electron chi connectivity index (χ3n) is 4.68. The normalized spacial score (nSPS) is 14.2. The van der Waals surface area contributed by atoms with Crippen molar-refractivity contribution in [2.45, 2.75) is 26.4 Å². The lowest BCUT2D eigenvalue weighted by atomic mass is 10.2. The fraction of sp³-hybridized carbons (Fsp3) is 0.318. The predicted octanol–water partition coefficient (Wildman–Crippen LogP) is 3.52. The summed E-state index contributed by atoms with van der Waals surface area (Å²) in [5.41, 5.74) is 4.08. The van der Waals surface area contributed by atoms with E-state index in [0.717, 1.165) is 30.1 Å². The molecule has 1 aliphatic heterocycles. The van der Waals surface area contributed by atoms with Gasteiger partial charge in [-0.3, -0.25) is 9.80 Å². The van der Waals surface area contributed by atoms with Crippen LogP contribution in [0.1, 0.15) is 30.6 Å². The Morgan fingerprint density at radius 3 is 2.31 bits per heavy atom. The van der Waals surface area contributed by atoms with E-state index < -0.39 is 12.1 Å². The molecule has 7 nitrogen and oxygen atoms in total. The molecule has 1 unspecified atom stereocenters. The molecular weight excluding hydrogens is 368 g/mol. The average Bonchev–Trinajstić information content (AvgIpc) is 3.14. The molecule has 2 aromatic carbocycles. The maximum absolute atomic E-state index is 12.4. The maximum Gasteiger partial charge on any atom is 0.338 e. The summed E-state index contributed by atoms with van der Waals surface area (Å²) in [6.45, 7) is 4.38. The number of carbonyl (C=O) groups excluding carboxylic acids is 2. The van der Waals surface area contributed by atoms with Gasteiger partial charge in [0.2, 0.25) is 0 Å². The maximum atomic E-state index is 12.4. The van der Waals surface area contributed by atoms with Crippen molar-refractivity contribution < 1.29 is 14.3 Å². The monoisotopic (exact) mass is 394 g/mol. The second kappa shape index (κ2) is 8.77. The van der Waals surface area contributed by atoms with Crippen LogP contribution in [0.15, 0.2) is 53.6 Å². The van der Waals surface area contributed by atoms with Crippen molar-refractivity contribution >= 4 is 34.7 Å². The van der Waals surface area contributed by atoms with E-state index in [9.17, 15) is 9.59 Å². The number of ether oxygens (including phenoxy) is 1. The molecule has 7 heteroatoms. The molecule has 3 rings (SSSR count). The SMILES string of the molecule is CC1=NN(c2ccc(C(=O)OC(C)C(=O)Nc3ccc(N(C)C)cc3)cc2)CC1. The highest BCUT2D eigenvalue weighted by Gasteiger charge is 2.20. The number of hydrogen-bond acceptors (Lipinski definition) is 6. The Bertz CT molecular complexity index is 905. The van der Waals surface area contributed by atoms with Gasteiger partial charge < -0.3 is 15.0 Å². The Hall–Kier alpha value is -3.35. The van der Waals surface area contributed by atoms with Gasteiger partial charge in [0.15, 0.2) is 6.10 Å². The first-order chi connectivity index (χ1) is 13.8. The van der Waals surface area contributed by atoms with Gasteiger partial charge in [-0.2, -0.15) is 5.10 Å². The van der Waals surface area contributed by atoms with Crippen LogP contribution in [0.25, 0.3) is 0 Å². The smallest absolute Gasteiger partial charge is 0.338 e. The Balaban J connectivity index is 1.56. The van der Waals surface area contributed by atoms with Crippen molar-refractivity contribution in [2.24, 2.45) is 5.10 Å². The van der Waals surface area contributed by atoms with Crippen LogP contribution in [-0.2, 0) is 9.53 Å². The molecule has 29 heavy (non-hydrogen) atoms. The highest BCUT2D eigenvalue weighted by Crippen LogP contribution is 2.20. The molecule has 2 aromatic rings. The molecule has 0 saturated heterocycles. The molecular formula is C22H26N4O3. The number of rotatable bonds is 6. The second-order valence-electron chi connectivity index (χ2n) is 7.23. The molecule has 1 aliphatic rings. The van der Waals surface area contributed by atoms with Gasteiger partial charge >= 0.3 is 5.97 Å². The lowest BCUT2D eigenvalue weighted by Crippen LogP contribution is -2.30. The van der Waals surface area contributed by atoms with Crippen LogP contribution in [0.4, 0.5) is 17.1 Å². The number of benzene rings is 2. The molecule has 1 heterocycles. The third kappa shape index (κ3) is 5.13. The standard InChI is InChI=1S/C22H26N4O3/c1-15-13-14-26(24-15)20-9-5-17(6-10-20)22(28)29-16(2)21(27)23-18-7-11-19(12-8-18)25(3)4/h5-12,16H,13-14H2,1-4H3,(H,23,27). The summed E-state index contributed by atoms with van der Waals surface area (Å²) in [6, 6.07) is 14.5. The average molecular weight is 394 g/mol. The molecule has 1 atom stereocenters. The van der Waals surface area contributed by atoms with Crippen molar-refractivity contribution in [1.29, 1.82) is 0 Å². The van der Waals surface area contributed by atoms with Gasteiger partial charge in [0.1, 0.15) is 0 Å². The largest absolute Gasteiger partial charge is 0.449 e. The minimum Gasteiger partial charge on any atom is -0.449 e. The van der Waals surface area contributed by atoms with Crippen LogP contribution < -0.4 is 15.2 Å². The summed E-state index contributed by atoms with van der Waals surface area (Å²) in [5.74, 6) is -0.919. The summed E-state index contributed by atoms with van der Waals surface area (Å²) in [7, 11) is 3.89. The van der Waals surface area contributed by atoms with Crippen LogP contribution in [0.3, 0.4) is 0 Å². The summed E-state index contributed by atoms with van der Waals surface area (Å²) >= 11 is 0. The molecule has 0 aromatic heterocycles. The number of carbonyl (C=O) groups is 2. The van der Waals surface area contributed by atoms with E-state index in [2.05, 4.69) is 10.4 Å². The van der Waals surface area contributed by atoms with Crippen LogP contribution in [-0.4, -0.2) is 44.3 Å². The number of nitrogens with zero attached hydrogens (tertiary/aromatic N) is 3. The molecule has 0 bridgehead atoms. The zero-order valence-corrected chi connectivity index (χ0v) is 17.2. The van der Waals surface area contributed by atoms with Crippen molar-refractivity contribution in [3.8, 4) is 0 Å². The summed E-state index contributed by atoms with van der Waals surface area (Å²) in [5, 5.41) is 9.10. The zero-order valence-electron chi connectivity index (χ0n) is 17.2. The molecule has 0 fully saturated rings. The van der Waals surface area contributed by atoms with Crippen LogP contribution in [0.2, 0.25) is 0 Å². The molecule has 0 aliphatic carbocycles. The van der Waals surface area contributed by atoms with E-state index in [0.29, 0.717) is 11.3 Å². The van der Waals surface area contributed by atoms with Gasteiger partial charge in [-0.15, -0.1) is 0 Å². The molecule has 0 saturated carbocycles. The number of esters is 1. The van der Waals surface area contributed by atoms with E-state index in [4.69, 9.17) is 4.74 Å². The van der Waals surface area contributed by atoms with Crippen LogP contribution in [0.5, 0.6) is 0 Å². The Kier molecular flexibility index (Phi) is 6.16. The lowest BCUT2D eigenvalue weighted by molar-refractivity contribution is -0.123. The highest BCUT2D eigenvalue weighted by molar-refractivity contribution is 5.97. The molecule has 1 N–H and O–H groups in total. The first-order valence-electron chi connectivity index (χ1n) is 9.54. The first-order valence-corrected chi connectivity index (χ1v) is 9.54. The number of amides is 1. The van der Waals surface area contributed by atoms with E-state index in [1.165, 1.54) is 0 Å². The third-order valence-corrected chi connectivity index (χ3v) is 4.68. The van der Waals surface area contributed by atoms with Gasteiger partial charge in [-0.1, -0.05) is 0 Å². The Morgan fingerprint density at radius 1 is 1.10 bits per heavy atom. The highest BCUT2D eigenvalue weighted by atomic mass is 16.5. The number of anilines is 3. The number of hydrazone groups is 1. The van der Waals surface area contributed by atoms with Gasteiger partial charge in [-0.05, 0) is 62.4 Å². The first kappa shape index (κ1) is 20.4. The Morgan fingerprint density at radius 2 is 1.76 bits per heavy atom. The number of nitrogens with one attached hydrogen (secondary N) is 1. The minimum absolute atomic E-state index is 0.380. The lowest BCUT2D eigenvalue weighted by Gasteiger charge is -2.16. The van der Waals surface area contributed by atoms with Crippen molar-refractivity contribution in [1.82, 2.24) is 0 Å². The van der Waals surface area contributed by atoms with E-state index in [1.807, 2.05) is 67.3 Å². The van der Waals surface area contributed by atoms with E-state index >= 15 is 0 Å². The van der Waals surface area contributed by atoms with Gasteiger partial charge in [0.05, 0.1) is 11.3 Å². The molecule has 0 spiro atoms. The molecule has 152 valence electrons. The quantitative estimate of drug-likeness (QED) is 0.759. The topological polar surface area (TPSA) is 74.2 Å². The molecule has 1 amide bonds. The van der Waals surface area contributed by atoms with Crippen molar-refractivity contribution in [3.63, 3.8) is 0 Å². The van der Waals surface area contributed by atoms with Crippen molar-refractivity contribution in [3.05, 3.63) is 54.1 Å². The fourth-order valence-corrected chi connectivity index (χ4v) is 2.90. The minimum atomic E-state index is -0.915. The van der Waals surface area contributed by atoms with Crippen molar-refractivity contribution in [2.75, 3.05) is 35.9 Å². The van der Waals surface area contributed by atoms with Gasteiger partial charge in [0.25, 0.3) is 5.91 Å². The summed E-state index contributed by atoms with van der Waals surface area (Å²) in [6.07, 6.45) is 0.0235. The van der Waals surface area contributed by atoms with E-state index in [1.54, 1.807) is 19.1 Å². The second-order valence-corrected chi connectivity index (χ2v) is 7.23. The van der Waals surface area contributed by atoms with E-state index in [-0.39, 0.29) is 5.91 Å². The van der Waals surface area contributed by atoms with Gasteiger partial charge in [-0.25, -0.2) is 4.79 Å². The van der Waals surface area contributed by atoms with Crippen LogP contribution >= 0.6 is 0 Å². The predicted molar refractivity (Wildman–Crippen MR) is 116 cm³/mol. The van der Waals surface area contributed by atoms with Gasteiger partial charge in [0, 0.05) is 44.1 Å². The fourth-order valence-electron chi connectivity index (χ4n) is 2.90. The zero-order chi connectivity index (χ0) is 21.0. The Labute approximate surface area is 171 Å². The molecule has 0 radical (unpaired) electrons. The van der Waals surface area contributed by atoms with Crippen LogP contribution in [0, 0.1) is 0 Å².